The van der Waals surface area contributed by atoms with Gasteiger partial charge < -0.3 is 15.8 Å². The van der Waals surface area contributed by atoms with Crippen LogP contribution in [0.15, 0.2) is 24.3 Å². The topological polar surface area (TPSA) is 64.4 Å². The summed E-state index contributed by atoms with van der Waals surface area (Å²) in [5.41, 5.74) is 6.36. The molecule has 4 nitrogen and oxygen atoms in total. The minimum Gasteiger partial charge on any atom is -0.484 e. The van der Waals surface area contributed by atoms with E-state index < -0.39 is 5.91 Å². The van der Waals surface area contributed by atoms with Crippen LogP contribution in [0.4, 0.5) is 0 Å². The lowest BCUT2D eigenvalue weighted by Crippen LogP contribution is -2.27. The van der Waals surface area contributed by atoms with E-state index in [1.807, 2.05) is 12.1 Å². The molecule has 0 atom stereocenters. The fourth-order valence-corrected chi connectivity index (χ4v) is 2.45. The lowest BCUT2D eigenvalue weighted by molar-refractivity contribution is -0.119. The maximum atomic E-state index is 10.6. The lowest BCUT2D eigenvalue weighted by Gasteiger charge is -2.22. The van der Waals surface area contributed by atoms with Crippen LogP contribution < -0.4 is 15.8 Å². The molecular weight excluding hydrogens is 240 g/mol. The molecule has 1 aromatic rings. The summed E-state index contributed by atoms with van der Waals surface area (Å²) in [6.45, 7) is 2.25. The van der Waals surface area contributed by atoms with Gasteiger partial charge in [-0.05, 0) is 62.4 Å². The van der Waals surface area contributed by atoms with Crippen LogP contribution in [0.3, 0.4) is 0 Å². The summed E-state index contributed by atoms with van der Waals surface area (Å²) in [6.07, 6.45) is 4.95. The number of ether oxygens (including phenoxy) is 1. The second kappa shape index (κ2) is 7.14. The number of nitrogens with one attached hydrogen (secondary N) is 1. The van der Waals surface area contributed by atoms with Crippen LogP contribution in [0.25, 0.3) is 0 Å². The Bertz CT molecular complexity index is 397. The summed E-state index contributed by atoms with van der Waals surface area (Å²) in [7, 11) is 0. The van der Waals surface area contributed by atoms with E-state index in [1.165, 1.54) is 24.8 Å². The van der Waals surface area contributed by atoms with E-state index in [0.717, 1.165) is 25.4 Å². The smallest absolute Gasteiger partial charge is 0.255 e. The Morgan fingerprint density at radius 3 is 2.58 bits per heavy atom. The quantitative estimate of drug-likeness (QED) is 0.816. The van der Waals surface area contributed by atoms with Crippen LogP contribution in [0, 0.1) is 5.92 Å². The summed E-state index contributed by atoms with van der Waals surface area (Å²) in [5, 5.41) is 3.39. The minimum absolute atomic E-state index is 0.0611. The molecule has 1 saturated heterocycles. The number of carbonyl (C=O) groups excluding carboxylic acids is 1. The predicted molar refractivity (Wildman–Crippen MR) is 75.0 cm³/mol. The normalized spacial score (nSPS) is 16.2. The molecule has 1 aliphatic rings. The standard InChI is InChI=1S/C15H22N2O2/c16-15(18)11-19-14-5-3-12(4-6-14)1-2-13-7-9-17-10-8-13/h3-6,13,17H,1-2,7-11H2,(H2,16,18). The average Bonchev–Trinajstić information content (AvgIpc) is 2.45. The van der Waals surface area contributed by atoms with Gasteiger partial charge in [0.25, 0.3) is 5.91 Å². The van der Waals surface area contributed by atoms with Gasteiger partial charge in [0.05, 0.1) is 0 Å². The van der Waals surface area contributed by atoms with Crippen LogP contribution in [0.5, 0.6) is 5.75 Å². The molecule has 1 amide bonds. The molecule has 3 N–H and O–H groups in total. The number of benzene rings is 1. The first-order chi connectivity index (χ1) is 9.24. The van der Waals surface area contributed by atoms with Gasteiger partial charge in [0.1, 0.15) is 5.75 Å². The third-order valence-corrected chi connectivity index (χ3v) is 3.60. The van der Waals surface area contributed by atoms with Gasteiger partial charge in [0.2, 0.25) is 0 Å². The molecule has 0 saturated carbocycles. The first-order valence-corrected chi connectivity index (χ1v) is 6.95. The van der Waals surface area contributed by atoms with Crippen molar-refractivity contribution < 1.29 is 9.53 Å². The second-order valence-corrected chi connectivity index (χ2v) is 5.13. The Morgan fingerprint density at radius 1 is 1.26 bits per heavy atom. The van der Waals surface area contributed by atoms with E-state index in [2.05, 4.69) is 17.4 Å². The maximum Gasteiger partial charge on any atom is 0.255 e. The van der Waals surface area contributed by atoms with E-state index in [4.69, 9.17) is 10.5 Å². The van der Waals surface area contributed by atoms with Crippen LogP contribution in [0.1, 0.15) is 24.8 Å². The number of hydrogen-bond acceptors (Lipinski definition) is 3. The Balaban J connectivity index is 1.76. The molecule has 19 heavy (non-hydrogen) atoms. The van der Waals surface area contributed by atoms with Crippen LogP contribution in [-0.2, 0) is 11.2 Å². The van der Waals surface area contributed by atoms with E-state index in [1.54, 1.807) is 0 Å². The average molecular weight is 262 g/mol. The highest BCUT2D eigenvalue weighted by Gasteiger charge is 2.12. The van der Waals surface area contributed by atoms with Gasteiger partial charge in [0.15, 0.2) is 6.61 Å². The zero-order chi connectivity index (χ0) is 13.5. The third kappa shape index (κ3) is 4.91. The molecule has 1 fully saturated rings. The summed E-state index contributed by atoms with van der Waals surface area (Å²) < 4.78 is 5.23. The molecule has 0 aromatic heterocycles. The number of aryl methyl sites for hydroxylation is 1. The Labute approximate surface area is 114 Å². The van der Waals surface area contributed by atoms with Crippen molar-refractivity contribution in [3.8, 4) is 5.75 Å². The van der Waals surface area contributed by atoms with Gasteiger partial charge >= 0.3 is 0 Å². The number of nitrogens with two attached hydrogens (primary N) is 1. The second-order valence-electron chi connectivity index (χ2n) is 5.13. The SMILES string of the molecule is NC(=O)COc1ccc(CCC2CCNCC2)cc1. The maximum absolute atomic E-state index is 10.6. The number of piperidine rings is 1. The van der Waals surface area contributed by atoms with Crippen molar-refractivity contribution in [2.24, 2.45) is 11.7 Å². The molecule has 2 rings (SSSR count). The summed E-state index contributed by atoms with van der Waals surface area (Å²) >= 11 is 0. The fourth-order valence-electron chi connectivity index (χ4n) is 2.45. The summed E-state index contributed by atoms with van der Waals surface area (Å²) in [6, 6.07) is 7.94. The highest BCUT2D eigenvalue weighted by molar-refractivity contribution is 5.75. The first-order valence-electron chi connectivity index (χ1n) is 6.95. The fraction of sp³-hybridized carbons (Fsp3) is 0.533. The molecule has 0 unspecified atom stereocenters. The predicted octanol–water partition coefficient (Wildman–Crippen LogP) is 1.48. The molecule has 0 aliphatic carbocycles. The third-order valence-electron chi connectivity index (χ3n) is 3.60. The molecular formula is C15H22N2O2. The van der Waals surface area contributed by atoms with Gasteiger partial charge in [-0.2, -0.15) is 0 Å². The molecule has 1 aliphatic heterocycles. The molecule has 0 bridgehead atoms. The monoisotopic (exact) mass is 262 g/mol. The highest BCUT2D eigenvalue weighted by atomic mass is 16.5. The van der Waals surface area contributed by atoms with Crippen molar-refractivity contribution in [2.45, 2.75) is 25.7 Å². The van der Waals surface area contributed by atoms with Crippen molar-refractivity contribution >= 4 is 5.91 Å². The van der Waals surface area contributed by atoms with Crippen LogP contribution in [-0.4, -0.2) is 25.6 Å². The van der Waals surface area contributed by atoms with Gasteiger partial charge in [-0.1, -0.05) is 12.1 Å². The molecule has 0 spiro atoms. The van der Waals surface area contributed by atoms with E-state index in [0.29, 0.717) is 5.75 Å². The summed E-state index contributed by atoms with van der Waals surface area (Å²) in [5.74, 6) is 1.10. The van der Waals surface area contributed by atoms with Gasteiger partial charge in [-0.3, -0.25) is 4.79 Å². The molecule has 1 heterocycles. The van der Waals surface area contributed by atoms with Crippen molar-refractivity contribution in [1.29, 1.82) is 0 Å². The van der Waals surface area contributed by atoms with E-state index >= 15 is 0 Å². The van der Waals surface area contributed by atoms with Gasteiger partial charge in [-0.15, -0.1) is 0 Å². The number of hydrogen-bond donors (Lipinski definition) is 2. The Hall–Kier alpha value is -1.55. The summed E-state index contributed by atoms with van der Waals surface area (Å²) in [4.78, 5) is 10.6. The van der Waals surface area contributed by atoms with Crippen LogP contribution >= 0.6 is 0 Å². The van der Waals surface area contributed by atoms with Gasteiger partial charge in [0, 0.05) is 0 Å². The number of rotatable bonds is 6. The Kier molecular flexibility index (Phi) is 5.21. The molecule has 104 valence electrons. The van der Waals surface area contributed by atoms with Crippen molar-refractivity contribution in [2.75, 3.05) is 19.7 Å². The highest BCUT2D eigenvalue weighted by Crippen LogP contribution is 2.20. The molecule has 1 aromatic carbocycles. The lowest BCUT2D eigenvalue weighted by atomic mass is 9.91. The first kappa shape index (κ1) is 13.9. The Morgan fingerprint density at radius 2 is 1.95 bits per heavy atom. The zero-order valence-corrected chi connectivity index (χ0v) is 11.2. The van der Waals surface area contributed by atoms with E-state index in [9.17, 15) is 4.79 Å². The molecule has 0 radical (unpaired) electrons. The van der Waals surface area contributed by atoms with Crippen molar-refractivity contribution in [3.05, 3.63) is 29.8 Å². The minimum atomic E-state index is -0.449. The number of carbonyl (C=O) groups is 1. The van der Waals surface area contributed by atoms with Crippen molar-refractivity contribution in [3.63, 3.8) is 0 Å². The largest absolute Gasteiger partial charge is 0.484 e. The van der Waals surface area contributed by atoms with Gasteiger partial charge in [-0.25, -0.2) is 0 Å². The van der Waals surface area contributed by atoms with E-state index in [-0.39, 0.29) is 6.61 Å². The van der Waals surface area contributed by atoms with Crippen molar-refractivity contribution in [1.82, 2.24) is 5.32 Å². The zero-order valence-electron chi connectivity index (χ0n) is 11.2. The van der Waals surface area contributed by atoms with Crippen LogP contribution in [0.2, 0.25) is 0 Å². The number of primary amides is 1. The molecule has 4 heteroatoms. The number of amides is 1.